The second-order valence-electron chi connectivity index (χ2n) is 7.92. The first-order chi connectivity index (χ1) is 14.8. The minimum Gasteiger partial charge on any atom is -0.423 e. The molecule has 0 aliphatic carbocycles. The topological polar surface area (TPSA) is 95.8 Å². The van der Waals surface area contributed by atoms with Crippen LogP contribution in [0.4, 0.5) is 6.01 Å². The largest absolute Gasteiger partial charge is 0.423 e. The molecule has 1 aromatic heterocycles. The molecule has 164 valence electrons. The summed E-state index contributed by atoms with van der Waals surface area (Å²) in [6.45, 7) is 2.23. The lowest BCUT2D eigenvalue weighted by atomic mass is 9.97. The average molecular weight is 443 g/mol. The van der Waals surface area contributed by atoms with Gasteiger partial charge in [-0.25, -0.2) is 12.7 Å². The lowest BCUT2D eigenvalue weighted by Crippen LogP contribution is -2.38. The predicted molar refractivity (Wildman–Crippen MR) is 119 cm³/mol. The van der Waals surface area contributed by atoms with Crippen molar-refractivity contribution in [1.82, 2.24) is 14.6 Å². The number of fused-ring (bicyclic) bond motifs is 1. The van der Waals surface area contributed by atoms with Crippen LogP contribution >= 0.6 is 0 Å². The molecule has 1 aliphatic heterocycles. The Labute approximate surface area is 181 Å². The molecule has 1 aliphatic rings. The van der Waals surface area contributed by atoms with Crippen molar-refractivity contribution in [2.75, 3.05) is 38.6 Å². The molecule has 0 bridgehead atoms. The summed E-state index contributed by atoms with van der Waals surface area (Å²) in [7, 11) is -0.546. The minimum absolute atomic E-state index is 0.167. The van der Waals surface area contributed by atoms with E-state index in [1.807, 2.05) is 24.3 Å². The van der Waals surface area contributed by atoms with Crippen LogP contribution in [0, 0.1) is 5.92 Å². The summed E-state index contributed by atoms with van der Waals surface area (Å²) in [5, 5.41) is 2.97. The van der Waals surface area contributed by atoms with Gasteiger partial charge in [-0.1, -0.05) is 12.1 Å². The van der Waals surface area contributed by atoms with E-state index in [1.54, 1.807) is 12.1 Å². The quantitative estimate of drug-likeness (QED) is 0.631. The van der Waals surface area contributed by atoms with Crippen molar-refractivity contribution >= 4 is 33.0 Å². The van der Waals surface area contributed by atoms with Gasteiger partial charge in [0.1, 0.15) is 5.52 Å². The Morgan fingerprint density at radius 1 is 1.13 bits per heavy atom. The van der Waals surface area contributed by atoms with Gasteiger partial charge in [-0.05, 0) is 55.2 Å². The van der Waals surface area contributed by atoms with Crippen LogP contribution in [0.2, 0.25) is 0 Å². The maximum absolute atomic E-state index is 12.5. The van der Waals surface area contributed by atoms with Gasteiger partial charge < -0.3 is 14.6 Å². The Kier molecular flexibility index (Phi) is 5.97. The third kappa shape index (κ3) is 4.57. The molecule has 1 N–H and O–H groups in total. The molecule has 0 spiro atoms. The summed E-state index contributed by atoms with van der Waals surface area (Å²) < 4.78 is 31.3. The molecule has 9 heteroatoms. The Balaban J connectivity index is 1.29. The molecule has 0 atom stereocenters. The Morgan fingerprint density at radius 3 is 2.45 bits per heavy atom. The molecular weight excluding hydrogens is 416 g/mol. The molecule has 3 aromatic rings. The van der Waals surface area contributed by atoms with Crippen molar-refractivity contribution in [3.05, 3.63) is 54.1 Å². The number of rotatable bonds is 6. The van der Waals surface area contributed by atoms with Crippen LogP contribution in [-0.4, -0.2) is 57.3 Å². The van der Waals surface area contributed by atoms with Crippen LogP contribution in [0.25, 0.3) is 11.1 Å². The maximum atomic E-state index is 12.5. The van der Waals surface area contributed by atoms with Gasteiger partial charge in [-0.2, -0.15) is 4.98 Å². The fourth-order valence-corrected chi connectivity index (χ4v) is 4.55. The van der Waals surface area contributed by atoms with Crippen molar-refractivity contribution < 1.29 is 17.6 Å². The summed E-state index contributed by atoms with van der Waals surface area (Å²) in [5.74, 6) is 0.174. The third-order valence-electron chi connectivity index (χ3n) is 5.61. The number of sulfonamides is 1. The van der Waals surface area contributed by atoms with Crippen LogP contribution in [0.1, 0.15) is 23.2 Å². The number of benzene rings is 2. The molecule has 8 nitrogen and oxygen atoms in total. The number of nitrogens with one attached hydrogen (secondary N) is 1. The zero-order valence-electron chi connectivity index (χ0n) is 17.6. The molecule has 2 heterocycles. The summed E-state index contributed by atoms with van der Waals surface area (Å²) in [5.41, 5.74) is 2.09. The van der Waals surface area contributed by atoms with Crippen LogP contribution in [-0.2, 0) is 10.0 Å². The lowest BCUT2D eigenvalue weighted by molar-refractivity contribution is 0.0944. The van der Waals surface area contributed by atoms with E-state index < -0.39 is 10.0 Å². The average Bonchev–Trinajstić information content (AvgIpc) is 3.22. The zero-order chi connectivity index (χ0) is 22.0. The number of anilines is 1. The molecule has 1 fully saturated rings. The number of nitrogens with zero attached hydrogens (tertiary/aromatic N) is 3. The highest BCUT2D eigenvalue weighted by Gasteiger charge is 2.23. The molecule has 0 radical (unpaired) electrons. The summed E-state index contributed by atoms with van der Waals surface area (Å²) in [6.07, 6.45) is 1.86. The monoisotopic (exact) mass is 442 g/mol. The number of oxazole rings is 1. The molecule has 0 unspecified atom stereocenters. The van der Waals surface area contributed by atoms with Crippen molar-refractivity contribution in [3.8, 4) is 0 Å². The Morgan fingerprint density at radius 2 is 1.81 bits per heavy atom. The van der Waals surface area contributed by atoms with E-state index in [0.717, 1.165) is 41.3 Å². The highest BCUT2D eigenvalue weighted by molar-refractivity contribution is 7.89. The van der Waals surface area contributed by atoms with E-state index in [1.165, 1.54) is 26.2 Å². The van der Waals surface area contributed by atoms with E-state index in [9.17, 15) is 13.2 Å². The summed E-state index contributed by atoms with van der Waals surface area (Å²) >= 11 is 0. The number of carbonyl (C=O) groups is 1. The molecular formula is C22H26N4O4S. The predicted octanol–water partition coefficient (Wildman–Crippen LogP) is 2.72. The van der Waals surface area contributed by atoms with Crippen LogP contribution in [0.3, 0.4) is 0 Å². The van der Waals surface area contributed by atoms with Gasteiger partial charge in [-0.15, -0.1) is 0 Å². The van der Waals surface area contributed by atoms with Crippen LogP contribution in [0.15, 0.2) is 57.8 Å². The second kappa shape index (κ2) is 8.68. The number of para-hydroxylation sites is 2. The molecule has 1 saturated heterocycles. The fourth-order valence-electron chi connectivity index (χ4n) is 3.65. The molecule has 0 saturated carbocycles. The number of piperidine rings is 1. The van der Waals surface area contributed by atoms with Crippen molar-refractivity contribution in [3.63, 3.8) is 0 Å². The van der Waals surface area contributed by atoms with Gasteiger partial charge in [0.15, 0.2) is 5.58 Å². The normalized spacial score (nSPS) is 15.5. The molecule has 2 aromatic carbocycles. The number of hydrogen-bond donors (Lipinski definition) is 1. The van der Waals surface area contributed by atoms with Gasteiger partial charge in [0, 0.05) is 39.3 Å². The van der Waals surface area contributed by atoms with Gasteiger partial charge in [0.2, 0.25) is 10.0 Å². The highest BCUT2D eigenvalue weighted by Crippen LogP contribution is 2.26. The first-order valence-corrected chi connectivity index (χ1v) is 11.7. The van der Waals surface area contributed by atoms with E-state index in [4.69, 9.17) is 4.42 Å². The van der Waals surface area contributed by atoms with Gasteiger partial charge >= 0.3 is 0 Å². The highest BCUT2D eigenvalue weighted by atomic mass is 32.2. The van der Waals surface area contributed by atoms with Gasteiger partial charge in [0.25, 0.3) is 11.9 Å². The van der Waals surface area contributed by atoms with E-state index in [-0.39, 0.29) is 10.8 Å². The number of hydrogen-bond acceptors (Lipinski definition) is 6. The first-order valence-electron chi connectivity index (χ1n) is 10.3. The summed E-state index contributed by atoms with van der Waals surface area (Å²) in [6, 6.07) is 14.4. The SMILES string of the molecule is CN(C)S(=O)(=O)c1ccc(C(=O)NCC2CCN(c3nc4ccccc4o3)CC2)cc1. The Hall–Kier alpha value is -2.91. The van der Waals surface area contributed by atoms with Crippen molar-refractivity contribution in [1.29, 1.82) is 0 Å². The van der Waals surface area contributed by atoms with Crippen molar-refractivity contribution in [2.24, 2.45) is 5.92 Å². The van der Waals surface area contributed by atoms with Gasteiger partial charge in [-0.3, -0.25) is 4.79 Å². The van der Waals surface area contributed by atoms with E-state index in [0.29, 0.717) is 24.0 Å². The first kappa shape index (κ1) is 21.3. The van der Waals surface area contributed by atoms with E-state index in [2.05, 4.69) is 15.2 Å². The van der Waals surface area contributed by atoms with Crippen LogP contribution in [0.5, 0.6) is 0 Å². The smallest absolute Gasteiger partial charge is 0.298 e. The maximum Gasteiger partial charge on any atom is 0.298 e. The van der Waals surface area contributed by atoms with E-state index >= 15 is 0 Å². The minimum atomic E-state index is -3.50. The molecule has 1 amide bonds. The van der Waals surface area contributed by atoms with Crippen LogP contribution < -0.4 is 10.2 Å². The Bertz CT molecular complexity index is 1130. The summed E-state index contributed by atoms with van der Waals surface area (Å²) in [4.78, 5) is 19.3. The number of aromatic nitrogens is 1. The van der Waals surface area contributed by atoms with Crippen molar-refractivity contribution in [2.45, 2.75) is 17.7 Å². The molecule has 31 heavy (non-hydrogen) atoms. The molecule has 4 rings (SSSR count). The fraction of sp³-hybridized carbons (Fsp3) is 0.364. The number of amides is 1. The third-order valence-corrected chi connectivity index (χ3v) is 7.44. The standard InChI is InChI=1S/C22H26N4O4S/c1-25(2)31(28,29)18-9-7-17(8-10-18)21(27)23-15-16-11-13-26(14-12-16)22-24-19-5-3-4-6-20(19)30-22/h3-10,16H,11-15H2,1-2H3,(H,23,27). The van der Waals surface area contributed by atoms with Gasteiger partial charge in [0.05, 0.1) is 4.90 Å². The zero-order valence-corrected chi connectivity index (χ0v) is 18.4. The second-order valence-corrected chi connectivity index (χ2v) is 10.1. The number of carbonyl (C=O) groups excluding carboxylic acids is 1. The lowest BCUT2D eigenvalue weighted by Gasteiger charge is -2.30.